The Bertz CT molecular complexity index is 333. The van der Waals surface area contributed by atoms with Crippen molar-refractivity contribution in [3.8, 4) is 5.75 Å². The molecule has 0 aliphatic carbocycles. The van der Waals surface area contributed by atoms with Gasteiger partial charge in [0.2, 0.25) is 0 Å². The van der Waals surface area contributed by atoms with Crippen LogP contribution in [0.3, 0.4) is 0 Å². The zero-order valence-corrected chi connectivity index (χ0v) is 11.6. The normalized spacial score (nSPS) is 19.3. The van der Waals surface area contributed by atoms with Gasteiger partial charge in [-0.3, -0.25) is 0 Å². The molecule has 1 heterocycles. The number of rotatable bonds is 7. The van der Waals surface area contributed by atoms with Crippen molar-refractivity contribution in [1.82, 2.24) is 5.32 Å². The smallest absolute Gasteiger partial charge is 0.123 e. The maximum atomic E-state index is 5.99. The van der Waals surface area contributed by atoms with Crippen LogP contribution in [0.15, 0.2) is 24.3 Å². The molecule has 2 rings (SSSR count). The minimum atomic E-state index is 0.389. The molecule has 0 saturated heterocycles. The van der Waals surface area contributed by atoms with E-state index in [2.05, 4.69) is 43.4 Å². The van der Waals surface area contributed by atoms with Gasteiger partial charge in [0.15, 0.2) is 0 Å². The molecule has 1 aliphatic rings. The van der Waals surface area contributed by atoms with E-state index in [9.17, 15) is 0 Å². The van der Waals surface area contributed by atoms with E-state index in [4.69, 9.17) is 4.74 Å². The number of benzene rings is 1. The number of hydrogen-bond donors (Lipinski definition) is 1. The first kappa shape index (κ1) is 13.4. The zero-order chi connectivity index (χ0) is 12.8. The van der Waals surface area contributed by atoms with E-state index >= 15 is 0 Å². The van der Waals surface area contributed by atoms with Crippen LogP contribution in [0.5, 0.6) is 5.75 Å². The Hall–Kier alpha value is -1.02. The number of hydrogen-bond acceptors (Lipinski definition) is 2. The van der Waals surface area contributed by atoms with Gasteiger partial charge in [0.1, 0.15) is 11.9 Å². The highest BCUT2D eigenvalue weighted by atomic mass is 16.5. The summed E-state index contributed by atoms with van der Waals surface area (Å²) in [5.41, 5.74) is 1.37. The van der Waals surface area contributed by atoms with Crippen molar-refractivity contribution in [2.45, 2.75) is 58.1 Å². The van der Waals surface area contributed by atoms with Crippen LogP contribution >= 0.6 is 0 Å². The average molecular weight is 247 g/mol. The van der Waals surface area contributed by atoms with Crippen LogP contribution in [-0.2, 0) is 6.42 Å². The van der Waals surface area contributed by atoms with Crippen LogP contribution in [0.1, 0.15) is 45.1 Å². The first-order chi connectivity index (χ1) is 8.83. The van der Waals surface area contributed by atoms with Crippen molar-refractivity contribution in [2.24, 2.45) is 0 Å². The molecule has 0 amide bonds. The summed E-state index contributed by atoms with van der Waals surface area (Å²) in [6.07, 6.45) is 6.38. The molecule has 0 bridgehead atoms. The first-order valence-corrected chi connectivity index (χ1v) is 7.31. The van der Waals surface area contributed by atoms with Crippen molar-refractivity contribution >= 4 is 0 Å². The van der Waals surface area contributed by atoms with E-state index in [1.807, 2.05) is 0 Å². The van der Waals surface area contributed by atoms with Gasteiger partial charge in [-0.15, -0.1) is 0 Å². The molecule has 0 aromatic heterocycles. The first-order valence-electron chi connectivity index (χ1n) is 7.31. The summed E-state index contributed by atoms with van der Waals surface area (Å²) in [7, 11) is 0. The second-order valence-corrected chi connectivity index (χ2v) is 5.17. The Morgan fingerprint density at radius 3 is 2.83 bits per heavy atom. The van der Waals surface area contributed by atoms with Crippen molar-refractivity contribution in [2.75, 3.05) is 6.54 Å². The fourth-order valence-electron chi connectivity index (χ4n) is 2.79. The topological polar surface area (TPSA) is 21.3 Å². The molecule has 2 heteroatoms. The third-order valence-corrected chi connectivity index (χ3v) is 3.68. The third-order valence-electron chi connectivity index (χ3n) is 3.68. The number of nitrogens with one attached hydrogen (secondary N) is 1. The second kappa shape index (κ2) is 6.79. The highest BCUT2D eigenvalue weighted by Gasteiger charge is 2.22. The minimum Gasteiger partial charge on any atom is -0.490 e. The van der Waals surface area contributed by atoms with Gasteiger partial charge in [-0.05, 0) is 37.4 Å². The highest BCUT2D eigenvalue weighted by molar-refractivity contribution is 5.37. The van der Waals surface area contributed by atoms with E-state index in [-0.39, 0.29) is 0 Å². The van der Waals surface area contributed by atoms with E-state index in [1.54, 1.807) is 0 Å². The SMILES string of the molecule is CCCC(CCC1Cc2ccccc2O1)NCC. The van der Waals surface area contributed by atoms with Crippen LogP contribution in [0.25, 0.3) is 0 Å². The lowest BCUT2D eigenvalue weighted by molar-refractivity contribution is 0.209. The molecule has 0 radical (unpaired) electrons. The van der Waals surface area contributed by atoms with Crippen molar-refractivity contribution < 1.29 is 4.74 Å². The van der Waals surface area contributed by atoms with Crippen molar-refractivity contribution in [1.29, 1.82) is 0 Å². The standard InChI is InChI=1S/C16H25NO/c1-3-7-14(17-4-2)10-11-15-12-13-8-5-6-9-16(13)18-15/h5-6,8-9,14-15,17H,3-4,7,10-12H2,1-2H3. The average Bonchev–Trinajstić information content (AvgIpc) is 2.79. The molecule has 1 N–H and O–H groups in total. The monoisotopic (exact) mass is 247 g/mol. The summed E-state index contributed by atoms with van der Waals surface area (Å²) in [5, 5.41) is 3.57. The molecule has 2 unspecified atom stereocenters. The summed E-state index contributed by atoms with van der Waals surface area (Å²) in [5.74, 6) is 1.10. The van der Waals surface area contributed by atoms with Gasteiger partial charge in [-0.2, -0.15) is 0 Å². The Labute approximate surface area is 111 Å². The summed E-state index contributed by atoms with van der Waals surface area (Å²) < 4.78 is 5.99. The molecule has 1 aliphatic heterocycles. The summed E-state index contributed by atoms with van der Waals surface area (Å²) >= 11 is 0. The lowest BCUT2D eigenvalue weighted by Gasteiger charge is -2.19. The zero-order valence-electron chi connectivity index (χ0n) is 11.6. The molecule has 0 saturated carbocycles. The van der Waals surface area contributed by atoms with Gasteiger partial charge in [0.05, 0.1) is 0 Å². The van der Waals surface area contributed by atoms with E-state index < -0.39 is 0 Å². The molecular formula is C16H25NO. The van der Waals surface area contributed by atoms with Crippen molar-refractivity contribution in [3.63, 3.8) is 0 Å². The quantitative estimate of drug-likeness (QED) is 0.795. The number of ether oxygens (including phenoxy) is 1. The van der Waals surface area contributed by atoms with Gasteiger partial charge in [-0.25, -0.2) is 0 Å². The molecule has 1 aromatic carbocycles. The van der Waals surface area contributed by atoms with Crippen molar-refractivity contribution in [3.05, 3.63) is 29.8 Å². The van der Waals surface area contributed by atoms with E-state index in [1.165, 1.54) is 24.8 Å². The summed E-state index contributed by atoms with van der Waals surface area (Å²) in [6.45, 7) is 5.51. The lowest BCUT2D eigenvalue weighted by Crippen LogP contribution is -2.30. The molecule has 2 nitrogen and oxygen atoms in total. The van der Waals surface area contributed by atoms with Crippen LogP contribution in [-0.4, -0.2) is 18.7 Å². The summed E-state index contributed by atoms with van der Waals surface area (Å²) in [4.78, 5) is 0. The largest absolute Gasteiger partial charge is 0.490 e. The molecule has 18 heavy (non-hydrogen) atoms. The third kappa shape index (κ3) is 3.49. The van der Waals surface area contributed by atoms with E-state index in [0.29, 0.717) is 12.1 Å². The Morgan fingerprint density at radius 2 is 2.11 bits per heavy atom. The lowest BCUT2D eigenvalue weighted by atomic mass is 10.0. The van der Waals surface area contributed by atoms with Crippen LogP contribution in [0.4, 0.5) is 0 Å². The van der Waals surface area contributed by atoms with Gasteiger partial charge in [0, 0.05) is 12.5 Å². The van der Waals surface area contributed by atoms with E-state index in [0.717, 1.165) is 25.1 Å². The van der Waals surface area contributed by atoms with Crippen LogP contribution in [0, 0.1) is 0 Å². The predicted octanol–water partition coefficient (Wildman–Crippen LogP) is 3.55. The summed E-state index contributed by atoms with van der Waals surface area (Å²) in [6, 6.07) is 9.09. The molecule has 2 atom stereocenters. The Kier molecular flexibility index (Phi) is 5.06. The second-order valence-electron chi connectivity index (χ2n) is 5.17. The Balaban J connectivity index is 1.78. The van der Waals surface area contributed by atoms with Gasteiger partial charge < -0.3 is 10.1 Å². The Morgan fingerprint density at radius 1 is 1.28 bits per heavy atom. The maximum absolute atomic E-state index is 5.99. The molecule has 0 fully saturated rings. The number of fused-ring (bicyclic) bond motifs is 1. The predicted molar refractivity (Wildman–Crippen MR) is 76.2 cm³/mol. The molecular weight excluding hydrogens is 222 g/mol. The van der Waals surface area contributed by atoms with Crippen LogP contribution in [0.2, 0.25) is 0 Å². The molecule has 1 aromatic rings. The van der Waals surface area contributed by atoms with Gasteiger partial charge >= 0.3 is 0 Å². The fraction of sp³-hybridized carbons (Fsp3) is 0.625. The van der Waals surface area contributed by atoms with Gasteiger partial charge in [0.25, 0.3) is 0 Å². The van der Waals surface area contributed by atoms with Crippen LogP contribution < -0.4 is 10.1 Å². The van der Waals surface area contributed by atoms with Gasteiger partial charge in [-0.1, -0.05) is 38.5 Å². The molecule has 100 valence electrons. The fourth-order valence-corrected chi connectivity index (χ4v) is 2.79. The highest BCUT2D eigenvalue weighted by Crippen LogP contribution is 2.30. The maximum Gasteiger partial charge on any atom is 0.123 e. The minimum absolute atomic E-state index is 0.389. The number of para-hydroxylation sites is 1. The molecule has 0 spiro atoms.